The number of hydrogen-bond acceptors (Lipinski definition) is 7. The first-order valence-corrected chi connectivity index (χ1v) is 14.1. The second-order valence-electron chi connectivity index (χ2n) is 10.7. The van der Waals surface area contributed by atoms with E-state index in [1.54, 1.807) is 45.0 Å². The van der Waals surface area contributed by atoms with E-state index in [0.29, 0.717) is 38.6 Å². The van der Waals surface area contributed by atoms with E-state index in [1.165, 1.54) is 11.6 Å². The van der Waals surface area contributed by atoms with Gasteiger partial charge in [0, 0.05) is 44.7 Å². The van der Waals surface area contributed by atoms with Crippen LogP contribution in [-0.4, -0.2) is 33.6 Å². The molecule has 3 heterocycles. The lowest BCUT2D eigenvalue weighted by Crippen LogP contribution is -2.45. The average Bonchev–Trinajstić information content (AvgIpc) is 3.54. The van der Waals surface area contributed by atoms with Gasteiger partial charge in [-0.15, -0.1) is 11.3 Å². The molecule has 1 aliphatic heterocycles. The number of ether oxygens (including phenoxy) is 1. The number of carboxylic acid groups (broad SMARTS) is 1. The summed E-state index contributed by atoms with van der Waals surface area (Å²) in [6.45, 7) is 5.21. The van der Waals surface area contributed by atoms with Crippen LogP contribution in [0.1, 0.15) is 60.1 Å². The molecular formula is C28H24Cl2FN3O6S. The number of rotatable bonds is 5. The van der Waals surface area contributed by atoms with Gasteiger partial charge in [-0.3, -0.25) is 5.32 Å². The quantitative estimate of drug-likeness (QED) is 0.170. The number of aryl methyl sites for hydroxylation is 1. The molecule has 0 bridgehead atoms. The minimum atomic E-state index is -1.79. The minimum Gasteiger partial charge on any atom is -0.618 e. The fourth-order valence-electron chi connectivity index (χ4n) is 5.01. The number of aliphatic hydroxyl groups is 1. The number of aliphatic imine (C=N–C) groups is 1. The summed E-state index contributed by atoms with van der Waals surface area (Å²) in [5.41, 5.74) is -0.224. The van der Waals surface area contributed by atoms with Gasteiger partial charge in [-0.1, -0.05) is 23.2 Å². The molecule has 9 nitrogen and oxygen atoms in total. The first-order valence-electron chi connectivity index (χ1n) is 12.4. The molecule has 214 valence electrons. The van der Waals surface area contributed by atoms with E-state index in [4.69, 9.17) is 27.9 Å². The lowest BCUT2D eigenvalue weighted by atomic mass is 9.89. The van der Waals surface area contributed by atoms with Gasteiger partial charge in [0.25, 0.3) is 0 Å². The molecule has 5 rings (SSSR count). The maximum absolute atomic E-state index is 14.8. The number of nitrogens with zero attached hydrogens (tertiary/aromatic N) is 2. The minimum absolute atomic E-state index is 0.00529. The van der Waals surface area contributed by atoms with Crippen molar-refractivity contribution in [2.24, 2.45) is 4.99 Å². The number of anilines is 1. The van der Waals surface area contributed by atoms with Crippen LogP contribution in [0.2, 0.25) is 5.02 Å². The van der Waals surface area contributed by atoms with Crippen molar-refractivity contribution in [3.05, 3.63) is 78.7 Å². The summed E-state index contributed by atoms with van der Waals surface area (Å²) in [7, 11) is 0. The van der Waals surface area contributed by atoms with Crippen LogP contribution in [0, 0.1) is 11.0 Å². The Kier molecular flexibility index (Phi) is 7.35. The largest absolute Gasteiger partial charge is 0.618 e. The highest BCUT2D eigenvalue weighted by Crippen LogP contribution is 2.45. The summed E-state index contributed by atoms with van der Waals surface area (Å²) in [4.78, 5) is 27.6. The second kappa shape index (κ2) is 10.4. The molecule has 41 heavy (non-hydrogen) atoms. The summed E-state index contributed by atoms with van der Waals surface area (Å²) in [6, 6.07) is 6.53. The third kappa shape index (κ3) is 5.42. The van der Waals surface area contributed by atoms with Gasteiger partial charge in [0.05, 0.1) is 11.4 Å². The zero-order valence-electron chi connectivity index (χ0n) is 22.0. The number of amides is 1. The Labute approximate surface area is 248 Å². The van der Waals surface area contributed by atoms with Gasteiger partial charge in [-0.05, 0) is 57.9 Å². The van der Waals surface area contributed by atoms with Crippen LogP contribution in [0.5, 0.6) is 0 Å². The number of aromatic carboxylic acids is 1. The van der Waals surface area contributed by atoms with E-state index in [0.717, 1.165) is 11.3 Å². The Morgan fingerprint density at radius 3 is 2.63 bits per heavy atom. The van der Waals surface area contributed by atoms with Gasteiger partial charge >= 0.3 is 12.1 Å². The standard InChI is InChI=1S/C28H24Cl2FN3O6S/c1-27(2,3)40-26(37)32-19-5-4-15(29)9-16(19)14-8-13-6-7-28(38,23(13)34(39)11-14)20-10-17(24(30)33-20)18-12-41-22(21(18)31)25(35)36/h4-5,8-9,11-12,38H,6-7,10H2,1-3H3,(H,32,37)(H,35,36). The van der Waals surface area contributed by atoms with Crippen molar-refractivity contribution in [2.75, 3.05) is 5.32 Å². The first kappa shape index (κ1) is 29.0. The molecule has 2 aromatic heterocycles. The Bertz CT molecular complexity index is 1680. The highest BCUT2D eigenvalue weighted by atomic mass is 35.5. The molecule has 0 fully saturated rings. The van der Waals surface area contributed by atoms with Crippen molar-refractivity contribution in [1.29, 1.82) is 0 Å². The van der Waals surface area contributed by atoms with Gasteiger partial charge < -0.3 is 20.2 Å². The molecule has 1 aromatic carbocycles. The summed E-state index contributed by atoms with van der Waals surface area (Å²) < 4.78 is 20.7. The van der Waals surface area contributed by atoms with Gasteiger partial charge in [0.15, 0.2) is 17.6 Å². The topological polar surface area (TPSA) is 135 Å². The van der Waals surface area contributed by atoms with Crippen molar-refractivity contribution < 1.29 is 33.7 Å². The zero-order valence-corrected chi connectivity index (χ0v) is 24.4. The number of carboxylic acids is 1. The van der Waals surface area contributed by atoms with E-state index in [2.05, 4.69) is 10.3 Å². The molecule has 1 unspecified atom stereocenters. The predicted molar refractivity (Wildman–Crippen MR) is 154 cm³/mol. The second-order valence-corrected chi connectivity index (χ2v) is 12.4. The fourth-order valence-corrected chi connectivity index (χ4v) is 6.25. The third-order valence-corrected chi connectivity index (χ3v) is 8.23. The summed E-state index contributed by atoms with van der Waals surface area (Å²) in [5.74, 6) is -2.32. The van der Waals surface area contributed by atoms with Crippen LogP contribution >= 0.6 is 34.5 Å². The van der Waals surface area contributed by atoms with E-state index in [1.807, 2.05) is 0 Å². The zero-order chi connectivity index (χ0) is 29.9. The van der Waals surface area contributed by atoms with Crippen LogP contribution in [0.15, 0.2) is 46.0 Å². The Balaban J connectivity index is 1.47. The average molecular weight is 620 g/mol. The number of thiophene rings is 1. The van der Waals surface area contributed by atoms with Crippen LogP contribution in [0.4, 0.5) is 14.9 Å². The maximum atomic E-state index is 14.8. The van der Waals surface area contributed by atoms with E-state index < -0.39 is 34.0 Å². The van der Waals surface area contributed by atoms with Crippen molar-refractivity contribution in [2.45, 2.75) is 51.2 Å². The Hall–Kier alpha value is -3.51. The molecule has 0 saturated carbocycles. The molecule has 0 radical (unpaired) electrons. The van der Waals surface area contributed by atoms with Crippen LogP contribution in [-0.2, 0) is 16.8 Å². The van der Waals surface area contributed by atoms with Crippen LogP contribution in [0.25, 0.3) is 16.7 Å². The molecule has 1 amide bonds. The highest BCUT2D eigenvalue weighted by molar-refractivity contribution is 7.12. The fraction of sp³-hybridized carbons (Fsp3) is 0.286. The number of benzene rings is 1. The monoisotopic (exact) mass is 619 g/mol. The molecular weight excluding hydrogens is 596 g/mol. The SMILES string of the molecule is CC(C)(C)OC(=O)Nc1ccc(Cl)cc1-c1cc2c([n+]([O-])c1)C(O)(C1=NC(Cl)=C(c3csc(C(=O)O)c3F)C1)CC2. The number of halogens is 3. The number of carbonyl (C=O) groups excluding carboxylic acids is 1. The summed E-state index contributed by atoms with van der Waals surface area (Å²) in [5, 5.41) is 38.7. The molecule has 13 heteroatoms. The van der Waals surface area contributed by atoms with Crippen molar-refractivity contribution in [3.63, 3.8) is 0 Å². The Morgan fingerprint density at radius 2 is 1.98 bits per heavy atom. The van der Waals surface area contributed by atoms with E-state index >= 15 is 0 Å². The number of aromatic nitrogens is 1. The summed E-state index contributed by atoms with van der Waals surface area (Å²) in [6.07, 6.45) is 0.962. The van der Waals surface area contributed by atoms with Gasteiger partial charge in [-0.2, -0.15) is 4.73 Å². The molecule has 1 aliphatic carbocycles. The van der Waals surface area contributed by atoms with Crippen molar-refractivity contribution in [3.8, 4) is 11.1 Å². The number of allylic oxidation sites excluding steroid dienone is 1. The van der Waals surface area contributed by atoms with Crippen LogP contribution in [0.3, 0.4) is 0 Å². The number of carbonyl (C=O) groups is 2. The first-order chi connectivity index (χ1) is 19.2. The smallest absolute Gasteiger partial charge is 0.412 e. The van der Waals surface area contributed by atoms with Crippen molar-refractivity contribution in [1.82, 2.24) is 0 Å². The highest BCUT2D eigenvalue weighted by Gasteiger charge is 2.50. The number of pyridine rings is 1. The lowest BCUT2D eigenvalue weighted by molar-refractivity contribution is -0.619. The van der Waals surface area contributed by atoms with Gasteiger partial charge in [0.1, 0.15) is 15.6 Å². The number of nitrogens with one attached hydrogen (secondary N) is 1. The molecule has 2 aliphatic rings. The molecule has 0 saturated heterocycles. The summed E-state index contributed by atoms with van der Waals surface area (Å²) >= 11 is 13.3. The molecule has 3 aromatic rings. The molecule has 0 spiro atoms. The third-order valence-electron chi connectivity index (χ3n) is 6.74. The molecule has 3 N–H and O–H groups in total. The maximum Gasteiger partial charge on any atom is 0.412 e. The number of hydrogen-bond donors (Lipinski definition) is 3. The lowest BCUT2D eigenvalue weighted by Gasteiger charge is -2.23. The van der Waals surface area contributed by atoms with Crippen molar-refractivity contribution >= 4 is 63.6 Å². The van der Waals surface area contributed by atoms with Gasteiger partial charge in [0.2, 0.25) is 5.69 Å². The van der Waals surface area contributed by atoms with E-state index in [-0.39, 0.29) is 40.5 Å². The van der Waals surface area contributed by atoms with Gasteiger partial charge in [-0.25, -0.2) is 19.0 Å². The van der Waals surface area contributed by atoms with E-state index in [9.17, 15) is 29.4 Å². The molecule has 1 atom stereocenters. The van der Waals surface area contributed by atoms with Crippen LogP contribution < -0.4 is 10.0 Å². The number of fused-ring (bicyclic) bond motifs is 1. The predicted octanol–water partition coefficient (Wildman–Crippen LogP) is 6.47. The normalized spacial score (nSPS) is 18.4. The Morgan fingerprint density at radius 1 is 1.24 bits per heavy atom.